The number of hydrogen-bond acceptors (Lipinski definition) is 7. The summed E-state index contributed by atoms with van der Waals surface area (Å²) in [7, 11) is -3.85. The van der Waals surface area contributed by atoms with Crippen LogP contribution in [0.1, 0.15) is 43.4 Å². The molecule has 11 heteroatoms. The second kappa shape index (κ2) is 9.57. The molecule has 5 heterocycles. The van der Waals surface area contributed by atoms with Crippen molar-refractivity contribution >= 4 is 32.1 Å². The molecule has 0 bridgehead atoms. The molecule has 1 aliphatic heterocycles. The van der Waals surface area contributed by atoms with Gasteiger partial charge in [-0.1, -0.05) is 18.2 Å². The summed E-state index contributed by atoms with van der Waals surface area (Å²) in [5, 5.41) is 11.3. The number of likely N-dealkylation sites (tertiary alicyclic amines) is 1. The van der Waals surface area contributed by atoms with Crippen molar-refractivity contribution in [3.05, 3.63) is 84.5 Å². The van der Waals surface area contributed by atoms with E-state index >= 15 is 0 Å². The van der Waals surface area contributed by atoms with E-state index in [9.17, 15) is 17.9 Å². The molecule has 0 unspecified atom stereocenters. The molecule has 0 radical (unpaired) electrons. The summed E-state index contributed by atoms with van der Waals surface area (Å²) in [5.74, 6) is 0.207. The number of hydrogen-bond donors (Lipinski definition) is 1. The molecule has 1 fully saturated rings. The number of halogens is 1. The first-order valence-corrected chi connectivity index (χ1v) is 14.0. The van der Waals surface area contributed by atoms with Crippen molar-refractivity contribution in [2.75, 3.05) is 13.1 Å². The maximum absolute atomic E-state index is 14.1. The zero-order valence-electron chi connectivity index (χ0n) is 20.8. The van der Waals surface area contributed by atoms with Gasteiger partial charge in [-0.2, -0.15) is 0 Å². The molecule has 0 spiro atoms. The largest absolute Gasteiger partial charge is 0.385 e. The van der Waals surface area contributed by atoms with Crippen molar-refractivity contribution < 1.29 is 17.9 Å². The van der Waals surface area contributed by atoms with Crippen LogP contribution in [0.15, 0.2) is 72.0 Å². The van der Waals surface area contributed by atoms with E-state index in [1.807, 2.05) is 4.57 Å². The highest BCUT2D eigenvalue weighted by atomic mass is 32.2. The first-order chi connectivity index (χ1) is 18.3. The predicted octanol–water partition coefficient (Wildman–Crippen LogP) is 4.05. The van der Waals surface area contributed by atoms with E-state index in [1.54, 1.807) is 61.8 Å². The van der Waals surface area contributed by atoms with Gasteiger partial charge in [0, 0.05) is 43.5 Å². The molecule has 0 aliphatic carbocycles. The van der Waals surface area contributed by atoms with Crippen molar-refractivity contribution in [1.82, 2.24) is 28.4 Å². The molecule has 1 saturated heterocycles. The second-order valence-corrected chi connectivity index (χ2v) is 11.4. The van der Waals surface area contributed by atoms with E-state index < -0.39 is 16.1 Å². The fourth-order valence-corrected chi connectivity index (χ4v) is 6.63. The minimum absolute atomic E-state index is 0.0223. The average molecular weight is 535 g/mol. The van der Waals surface area contributed by atoms with Crippen LogP contribution in [0.25, 0.3) is 22.1 Å². The van der Waals surface area contributed by atoms with Crippen LogP contribution in [0.3, 0.4) is 0 Å². The predicted molar refractivity (Wildman–Crippen MR) is 140 cm³/mol. The smallest absolute Gasteiger partial charge is 0.269 e. The van der Waals surface area contributed by atoms with Gasteiger partial charge in [0.15, 0.2) is 5.65 Å². The molecule has 1 N–H and O–H groups in total. The molecule has 1 aliphatic rings. The number of pyridine rings is 2. The lowest BCUT2D eigenvalue weighted by atomic mass is 10.0. The highest BCUT2D eigenvalue weighted by Gasteiger charge is 2.29. The van der Waals surface area contributed by atoms with E-state index in [2.05, 4.69) is 19.9 Å². The van der Waals surface area contributed by atoms with Crippen LogP contribution in [-0.4, -0.2) is 55.0 Å². The molecular weight excluding hydrogens is 507 g/mol. The number of nitrogens with zero attached hydrogens (tertiary/aromatic N) is 6. The van der Waals surface area contributed by atoms with Crippen molar-refractivity contribution in [2.45, 2.75) is 43.4 Å². The quantitative estimate of drug-likeness (QED) is 0.350. The van der Waals surface area contributed by atoms with Gasteiger partial charge in [0.25, 0.3) is 10.0 Å². The third-order valence-electron chi connectivity index (χ3n) is 7.16. The minimum Gasteiger partial charge on any atom is -0.385 e. The van der Waals surface area contributed by atoms with Crippen molar-refractivity contribution in [3.63, 3.8) is 0 Å². The van der Waals surface area contributed by atoms with Crippen LogP contribution >= 0.6 is 0 Å². The average Bonchev–Trinajstić information content (AvgIpc) is 3.53. The summed E-state index contributed by atoms with van der Waals surface area (Å²) < 4.78 is 44.1. The van der Waals surface area contributed by atoms with Crippen LogP contribution in [0.2, 0.25) is 0 Å². The van der Waals surface area contributed by atoms with E-state index in [1.165, 1.54) is 16.2 Å². The van der Waals surface area contributed by atoms with Gasteiger partial charge < -0.3 is 9.67 Å². The van der Waals surface area contributed by atoms with E-state index in [4.69, 9.17) is 0 Å². The molecule has 1 atom stereocenters. The maximum Gasteiger partial charge on any atom is 0.269 e. The third kappa shape index (κ3) is 4.16. The second-order valence-electron chi connectivity index (χ2n) is 9.61. The molecule has 5 aromatic rings. The molecule has 0 amide bonds. The Morgan fingerprint density at radius 1 is 1.08 bits per heavy atom. The van der Waals surface area contributed by atoms with Gasteiger partial charge in [0.1, 0.15) is 23.3 Å². The number of aliphatic hydroxyl groups excluding tert-OH is 1. The summed E-state index contributed by atoms with van der Waals surface area (Å²) in [6, 6.07) is 13.0. The Bertz CT molecular complexity index is 1720. The molecular formula is C27H27FN6O3S. The van der Waals surface area contributed by atoms with Gasteiger partial charge >= 0.3 is 0 Å². The number of aliphatic hydroxyl groups is 1. The first-order valence-electron chi connectivity index (χ1n) is 12.5. The summed E-state index contributed by atoms with van der Waals surface area (Å²) in [6.45, 7) is 3.54. The van der Waals surface area contributed by atoms with Gasteiger partial charge in [0.2, 0.25) is 0 Å². The van der Waals surface area contributed by atoms with E-state index in [0.29, 0.717) is 34.6 Å². The van der Waals surface area contributed by atoms with Crippen LogP contribution < -0.4 is 0 Å². The van der Waals surface area contributed by atoms with Crippen LogP contribution in [0.4, 0.5) is 4.39 Å². The molecule has 196 valence electrons. The van der Waals surface area contributed by atoms with Crippen molar-refractivity contribution in [3.8, 4) is 0 Å². The number of piperidine rings is 1. The van der Waals surface area contributed by atoms with E-state index in [-0.39, 0.29) is 16.8 Å². The SMILES string of the molecule is C[C@@H](O)c1nc2cnc3c(ccn3S(=O)(=O)c3ccccc3)c2n1C1CCN(Cc2ncccc2F)CC1. The highest BCUT2D eigenvalue weighted by Crippen LogP contribution is 2.35. The Kier molecular flexibility index (Phi) is 6.21. The Balaban J connectivity index is 1.38. The van der Waals surface area contributed by atoms with Crippen LogP contribution in [-0.2, 0) is 16.6 Å². The highest BCUT2D eigenvalue weighted by molar-refractivity contribution is 7.90. The molecule has 1 aromatic carbocycles. The summed E-state index contributed by atoms with van der Waals surface area (Å²) in [4.78, 5) is 15.7. The molecule has 9 nitrogen and oxygen atoms in total. The van der Waals surface area contributed by atoms with Crippen molar-refractivity contribution in [1.29, 1.82) is 0 Å². The fraction of sp³-hybridized carbons (Fsp3) is 0.296. The zero-order valence-corrected chi connectivity index (χ0v) is 21.6. The van der Waals surface area contributed by atoms with Gasteiger partial charge in [0.05, 0.1) is 22.3 Å². The number of fused-ring (bicyclic) bond motifs is 3. The molecule has 0 saturated carbocycles. The van der Waals surface area contributed by atoms with Gasteiger partial charge in [-0.15, -0.1) is 0 Å². The summed E-state index contributed by atoms with van der Waals surface area (Å²) in [5.41, 5.74) is 2.09. The normalized spacial score (nSPS) is 16.4. The minimum atomic E-state index is -3.85. The fourth-order valence-electron chi connectivity index (χ4n) is 5.31. The zero-order chi connectivity index (χ0) is 26.4. The van der Waals surface area contributed by atoms with Crippen LogP contribution in [0, 0.1) is 5.82 Å². The summed E-state index contributed by atoms with van der Waals surface area (Å²) in [6.07, 6.45) is 5.37. The van der Waals surface area contributed by atoms with E-state index in [0.717, 1.165) is 31.4 Å². The van der Waals surface area contributed by atoms with Gasteiger partial charge in [-0.3, -0.25) is 9.88 Å². The molecule has 6 rings (SSSR count). The molecule has 4 aromatic heterocycles. The van der Waals surface area contributed by atoms with Crippen LogP contribution in [0.5, 0.6) is 0 Å². The maximum atomic E-state index is 14.1. The number of imidazole rings is 1. The first kappa shape index (κ1) is 24.7. The lowest BCUT2D eigenvalue weighted by molar-refractivity contribution is 0.155. The monoisotopic (exact) mass is 534 g/mol. The third-order valence-corrected chi connectivity index (χ3v) is 8.84. The Morgan fingerprint density at radius 2 is 1.84 bits per heavy atom. The Hall–Kier alpha value is -3.67. The molecule has 38 heavy (non-hydrogen) atoms. The Morgan fingerprint density at radius 3 is 2.55 bits per heavy atom. The standard InChI is InChI=1S/C27H27FN6O3S/c1-18(35)26-31-23-16-30-27-21(11-15-33(27)38(36,37)20-6-3-2-4-7-20)25(23)34(26)19-9-13-32(14-10-19)17-24-22(28)8-5-12-29-24/h2-8,11-12,15-16,18-19,35H,9-10,13-14,17H2,1H3/t18-/m1/s1. The number of aromatic nitrogens is 5. The lowest BCUT2D eigenvalue weighted by Gasteiger charge is -2.33. The Labute approximate surface area is 219 Å². The number of rotatable bonds is 6. The van der Waals surface area contributed by atoms with Gasteiger partial charge in [-0.25, -0.2) is 26.7 Å². The summed E-state index contributed by atoms with van der Waals surface area (Å²) >= 11 is 0. The van der Waals surface area contributed by atoms with Gasteiger partial charge in [-0.05, 0) is 50.1 Å². The van der Waals surface area contributed by atoms with Crippen molar-refractivity contribution in [2.24, 2.45) is 0 Å². The number of benzene rings is 1. The lowest BCUT2D eigenvalue weighted by Crippen LogP contribution is -2.35. The topological polar surface area (TPSA) is 106 Å².